The van der Waals surface area contributed by atoms with Gasteiger partial charge in [0.25, 0.3) is 0 Å². The van der Waals surface area contributed by atoms with Gasteiger partial charge in [0, 0.05) is 29.9 Å². The average molecular weight is 533 g/mol. The molecule has 208 valence electrons. The summed E-state index contributed by atoms with van der Waals surface area (Å²) in [6.07, 6.45) is 0.0576. The number of amides is 4. The lowest BCUT2D eigenvalue weighted by Gasteiger charge is -2.27. The minimum Gasteiger partial charge on any atom is -0.480 e. The van der Waals surface area contributed by atoms with Crippen molar-refractivity contribution in [3.8, 4) is 0 Å². The summed E-state index contributed by atoms with van der Waals surface area (Å²) in [5.41, 5.74) is 12.3. The number of nitrogens with one attached hydrogen (secondary N) is 4. The van der Waals surface area contributed by atoms with E-state index in [1.54, 1.807) is 20.0 Å². The standard InChI is InChI=1S/C25H36N6O7/c1-12(2)21(31-22(34)17(8-9-19(26)33)29-23(35)20(27)13(3)32)24(36)30-18(25(37)38)10-14-11-28-16-7-5-4-6-15(14)16/h4-7,11-13,17-18,20-21,28,32H,8-10,27H2,1-3H3,(H2,26,33)(H,29,35)(H,30,36)(H,31,34)(H,37,38). The Hall–Kier alpha value is -3.97. The first-order valence-electron chi connectivity index (χ1n) is 12.2. The van der Waals surface area contributed by atoms with Gasteiger partial charge in [0.1, 0.15) is 24.2 Å². The van der Waals surface area contributed by atoms with Crippen LogP contribution >= 0.6 is 0 Å². The van der Waals surface area contributed by atoms with Gasteiger partial charge in [0.2, 0.25) is 23.6 Å². The normalized spacial score (nSPS) is 15.2. The second kappa shape index (κ2) is 13.5. The molecule has 2 rings (SSSR count). The summed E-state index contributed by atoms with van der Waals surface area (Å²) in [5, 5.41) is 27.5. The fourth-order valence-corrected chi connectivity index (χ4v) is 3.81. The predicted molar refractivity (Wildman–Crippen MR) is 138 cm³/mol. The van der Waals surface area contributed by atoms with E-state index in [-0.39, 0.29) is 19.3 Å². The Bertz CT molecular complexity index is 1160. The van der Waals surface area contributed by atoms with Gasteiger partial charge >= 0.3 is 5.97 Å². The zero-order valence-corrected chi connectivity index (χ0v) is 21.6. The van der Waals surface area contributed by atoms with Crippen LogP contribution in [0.2, 0.25) is 0 Å². The van der Waals surface area contributed by atoms with Crippen LogP contribution in [0.3, 0.4) is 0 Å². The summed E-state index contributed by atoms with van der Waals surface area (Å²) in [4.78, 5) is 64.8. The van der Waals surface area contributed by atoms with Crippen molar-refractivity contribution in [1.82, 2.24) is 20.9 Å². The number of fused-ring (bicyclic) bond motifs is 1. The van der Waals surface area contributed by atoms with Crippen LogP contribution in [0.1, 0.15) is 39.2 Å². The number of hydrogen-bond donors (Lipinski definition) is 8. The van der Waals surface area contributed by atoms with Crippen LogP contribution in [0, 0.1) is 5.92 Å². The number of benzene rings is 1. The molecular weight excluding hydrogens is 496 g/mol. The van der Waals surface area contributed by atoms with Crippen molar-refractivity contribution in [2.75, 3.05) is 0 Å². The number of aliphatic hydroxyl groups is 1. The molecule has 1 aromatic heterocycles. The number of para-hydroxylation sites is 1. The molecule has 0 bridgehead atoms. The molecule has 2 aromatic rings. The fraction of sp³-hybridized carbons (Fsp3) is 0.480. The van der Waals surface area contributed by atoms with Crippen molar-refractivity contribution in [3.63, 3.8) is 0 Å². The molecule has 0 saturated heterocycles. The molecule has 13 nitrogen and oxygen atoms in total. The Morgan fingerprint density at radius 2 is 1.58 bits per heavy atom. The zero-order chi connectivity index (χ0) is 28.6. The maximum absolute atomic E-state index is 13.1. The molecule has 10 N–H and O–H groups in total. The highest BCUT2D eigenvalue weighted by atomic mass is 16.4. The molecular formula is C25H36N6O7. The molecule has 0 radical (unpaired) electrons. The number of nitrogens with two attached hydrogens (primary N) is 2. The first kappa shape index (κ1) is 30.3. The molecule has 0 aliphatic heterocycles. The van der Waals surface area contributed by atoms with E-state index in [0.29, 0.717) is 5.56 Å². The smallest absolute Gasteiger partial charge is 0.326 e. The minimum absolute atomic E-state index is 0.00161. The number of primary amides is 1. The van der Waals surface area contributed by atoms with Crippen LogP contribution in [0.25, 0.3) is 10.9 Å². The first-order valence-corrected chi connectivity index (χ1v) is 12.2. The SMILES string of the molecule is CC(C)C(NC(=O)C(CCC(N)=O)NC(=O)C(N)C(C)O)C(=O)NC(Cc1c[nH]c2ccccc12)C(=O)O. The van der Waals surface area contributed by atoms with Crippen LogP contribution < -0.4 is 27.4 Å². The largest absolute Gasteiger partial charge is 0.480 e. The number of aliphatic carboxylic acids is 1. The highest BCUT2D eigenvalue weighted by Crippen LogP contribution is 2.19. The third-order valence-corrected chi connectivity index (χ3v) is 6.10. The molecule has 1 heterocycles. The predicted octanol–water partition coefficient (Wildman–Crippen LogP) is -1.12. The first-order chi connectivity index (χ1) is 17.8. The Morgan fingerprint density at radius 3 is 2.16 bits per heavy atom. The summed E-state index contributed by atoms with van der Waals surface area (Å²) in [5.74, 6) is -4.79. The van der Waals surface area contributed by atoms with E-state index < -0.39 is 65.8 Å². The summed E-state index contributed by atoms with van der Waals surface area (Å²) in [7, 11) is 0. The number of hydrogen-bond acceptors (Lipinski definition) is 7. The summed E-state index contributed by atoms with van der Waals surface area (Å²) < 4.78 is 0. The van der Waals surface area contributed by atoms with Gasteiger partial charge in [-0.3, -0.25) is 19.2 Å². The Balaban J connectivity index is 2.17. The molecule has 0 spiro atoms. The fourth-order valence-electron chi connectivity index (χ4n) is 3.81. The molecule has 0 aliphatic carbocycles. The topological polar surface area (TPSA) is 230 Å². The lowest BCUT2D eigenvalue weighted by Crippen LogP contribution is -2.59. The van der Waals surface area contributed by atoms with Crippen molar-refractivity contribution in [2.45, 2.75) is 70.3 Å². The average Bonchev–Trinajstić information content (AvgIpc) is 3.25. The van der Waals surface area contributed by atoms with Crippen molar-refractivity contribution in [2.24, 2.45) is 17.4 Å². The van der Waals surface area contributed by atoms with E-state index in [1.807, 2.05) is 24.3 Å². The lowest BCUT2D eigenvalue weighted by molar-refractivity contribution is -0.142. The molecule has 0 fully saturated rings. The number of H-pyrrole nitrogens is 1. The van der Waals surface area contributed by atoms with Crippen molar-refractivity contribution < 1.29 is 34.2 Å². The zero-order valence-electron chi connectivity index (χ0n) is 21.6. The van der Waals surface area contributed by atoms with Gasteiger partial charge in [-0.05, 0) is 30.9 Å². The number of aromatic nitrogens is 1. The van der Waals surface area contributed by atoms with Gasteiger partial charge < -0.3 is 42.6 Å². The van der Waals surface area contributed by atoms with E-state index in [2.05, 4.69) is 20.9 Å². The molecule has 5 atom stereocenters. The van der Waals surface area contributed by atoms with Gasteiger partial charge in [-0.2, -0.15) is 0 Å². The molecule has 0 aliphatic rings. The van der Waals surface area contributed by atoms with Crippen LogP contribution in [0.4, 0.5) is 0 Å². The van der Waals surface area contributed by atoms with E-state index in [0.717, 1.165) is 10.9 Å². The lowest BCUT2D eigenvalue weighted by atomic mass is 10.00. The van der Waals surface area contributed by atoms with Crippen molar-refractivity contribution >= 4 is 40.5 Å². The van der Waals surface area contributed by atoms with Gasteiger partial charge in [-0.25, -0.2) is 4.79 Å². The monoisotopic (exact) mass is 532 g/mol. The van der Waals surface area contributed by atoms with Gasteiger partial charge in [-0.1, -0.05) is 32.0 Å². The second-order valence-electron chi connectivity index (χ2n) is 9.53. The highest BCUT2D eigenvalue weighted by Gasteiger charge is 2.32. The minimum atomic E-state index is -1.33. The van der Waals surface area contributed by atoms with Crippen LogP contribution in [-0.2, 0) is 30.4 Å². The summed E-state index contributed by atoms with van der Waals surface area (Å²) >= 11 is 0. The van der Waals surface area contributed by atoms with E-state index in [4.69, 9.17) is 11.5 Å². The quantitative estimate of drug-likeness (QED) is 0.148. The number of carbonyl (C=O) groups excluding carboxylic acids is 4. The van der Waals surface area contributed by atoms with E-state index >= 15 is 0 Å². The number of aromatic amines is 1. The van der Waals surface area contributed by atoms with Crippen LogP contribution in [-0.4, -0.2) is 75.1 Å². The second-order valence-corrected chi connectivity index (χ2v) is 9.53. The summed E-state index contributed by atoms with van der Waals surface area (Å²) in [6, 6.07) is 2.29. The summed E-state index contributed by atoms with van der Waals surface area (Å²) in [6.45, 7) is 4.61. The van der Waals surface area contributed by atoms with Gasteiger partial charge in [0.15, 0.2) is 0 Å². The number of rotatable bonds is 14. The third-order valence-electron chi connectivity index (χ3n) is 6.10. The van der Waals surface area contributed by atoms with Gasteiger partial charge in [-0.15, -0.1) is 0 Å². The van der Waals surface area contributed by atoms with Crippen molar-refractivity contribution in [3.05, 3.63) is 36.0 Å². The number of carbonyl (C=O) groups is 5. The molecule has 1 aromatic carbocycles. The van der Waals surface area contributed by atoms with E-state index in [9.17, 15) is 34.2 Å². The van der Waals surface area contributed by atoms with E-state index in [1.165, 1.54) is 6.92 Å². The van der Waals surface area contributed by atoms with Gasteiger partial charge in [0.05, 0.1) is 6.10 Å². The third kappa shape index (κ3) is 8.28. The molecule has 0 saturated carbocycles. The Morgan fingerprint density at radius 1 is 0.947 bits per heavy atom. The van der Waals surface area contributed by atoms with Crippen molar-refractivity contribution in [1.29, 1.82) is 0 Å². The number of carboxylic acid groups (broad SMARTS) is 1. The molecule has 4 amide bonds. The van der Waals surface area contributed by atoms with Crippen LogP contribution in [0.15, 0.2) is 30.5 Å². The van der Waals surface area contributed by atoms with Crippen LogP contribution in [0.5, 0.6) is 0 Å². The highest BCUT2D eigenvalue weighted by molar-refractivity contribution is 5.95. The maximum atomic E-state index is 13.1. The number of carboxylic acids is 1. The Kier molecular flexibility index (Phi) is 10.8. The molecule has 13 heteroatoms. The molecule has 38 heavy (non-hydrogen) atoms. The maximum Gasteiger partial charge on any atom is 0.326 e. The Labute approximate surface area is 219 Å². The molecule has 5 unspecified atom stereocenters. The number of aliphatic hydroxyl groups excluding tert-OH is 1.